The van der Waals surface area contributed by atoms with E-state index in [1.54, 1.807) is 10.8 Å². The van der Waals surface area contributed by atoms with Gasteiger partial charge in [0.2, 0.25) is 0 Å². The summed E-state index contributed by atoms with van der Waals surface area (Å²) in [6, 6.07) is 7.54. The number of hydrogen-bond donors (Lipinski definition) is 2. The van der Waals surface area contributed by atoms with Gasteiger partial charge in [0.1, 0.15) is 0 Å². The lowest BCUT2D eigenvalue weighted by molar-refractivity contribution is 0.0821. The van der Waals surface area contributed by atoms with Crippen molar-refractivity contribution in [3.8, 4) is 0 Å². The highest BCUT2D eigenvalue weighted by molar-refractivity contribution is 6.06. The van der Waals surface area contributed by atoms with Crippen molar-refractivity contribution in [2.45, 2.75) is 19.6 Å². The lowest BCUT2D eigenvalue weighted by Gasteiger charge is -2.09. The van der Waals surface area contributed by atoms with E-state index in [4.69, 9.17) is 5.11 Å². The van der Waals surface area contributed by atoms with Crippen LogP contribution in [0.1, 0.15) is 17.3 Å². The van der Waals surface area contributed by atoms with Crippen LogP contribution in [0.15, 0.2) is 30.5 Å². The van der Waals surface area contributed by atoms with E-state index in [0.717, 1.165) is 10.9 Å². The first-order valence-corrected chi connectivity index (χ1v) is 5.51. The van der Waals surface area contributed by atoms with Crippen molar-refractivity contribution in [1.29, 1.82) is 0 Å². The zero-order valence-electron chi connectivity index (χ0n) is 9.63. The molecule has 1 unspecified atom stereocenters. The Hall–Kier alpha value is -1.65. The van der Waals surface area contributed by atoms with Crippen LogP contribution in [0, 0.1) is 0 Å². The summed E-state index contributed by atoms with van der Waals surface area (Å²) in [5, 5.41) is 19.2. The van der Waals surface area contributed by atoms with Crippen molar-refractivity contribution >= 4 is 16.7 Å². The number of aliphatic hydroxyl groups excluding tert-OH is 2. The molecule has 0 aliphatic rings. The average molecular weight is 233 g/mol. The lowest BCUT2D eigenvalue weighted by atomic mass is 10.1. The van der Waals surface area contributed by atoms with Gasteiger partial charge in [0.25, 0.3) is 0 Å². The van der Waals surface area contributed by atoms with Crippen LogP contribution in [-0.2, 0) is 6.54 Å². The maximum Gasteiger partial charge on any atom is 0.161 e. The van der Waals surface area contributed by atoms with Gasteiger partial charge >= 0.3 is 0 Å². The van der Waals surface area contributed by atoms with E-state index in [1.165, 1.54) is 6.92 Å². The molecule has 0 aliphatic heterocycles. The van der Waals surface area contributed by atoms with E-state index in [0.29, 0.717) is 5.56 Å². The number of fused-ring (bicyclic) bond motifs is 1. The number of aliphatic hydroxyl groups is 2. The van der Waals surface area contributed by atoms with Crippen LogP contribution in [0.4, 0.5) is 0 Å². The summed E-state index contributed by atoms with van der Waals surface area (Å²) in [5.74, 6) is -0.00145. The molecule has 2 aromatic rings. The highest BCUT2D eigenvalue weighted by Gasteiger charge is 2.13. The van der Waals surface area contributed by atoms with Crippen molar-refractivity contribution in [2.75, 3.05) is 6.61 Å². The number of nitrogens with zero attached hydrogens (tertiary/aromatic N) is 1. The van der Waals surface area contributed by atoms with Crippen molar-refractivity contribution < 1.29 is 15.0 Å². The summed E-state index contributed by atoms with van der Waals surface area (Å²) in [6.45, 7) is 1.51. The van der Waals surface area contributed by atoms with Gasteiger partial charge in [-0.2, -0.15) is 0 Å². The fourth-order valence-electron chi connectivity index (χ4n) is 1.96. The predicted molar refractivity (Wildman–Crippen MR) is 65.0 cm³/mol. The quantitative estimate of drug-likeness (QED) is 0.780. The number of hydrogen-bond acceptors (Lipinski definition) is 3. The smallest absolute Gasteiger partial charge is 0.161 e. The van der Waals surface area contributed by atoms with E-state index in [9.17, 15) is 9.90 Å². The SMILES string of the molecule is CC(=O)c1cn(CC(O)CO)c2ccccc12. The Morgan fingerprint density at radius 3 is 2.76 bits per heavy atom. The Morgan fingerprint density at radius 1 is 1.41 bits per heavy atom. The third-order valence-corrected chi connectivity index (χ3v) is 2.79. The Balaban J connectivity index is 2.52. The van der Waals surface area contributed by atoms with E-state index in [-0.39, 0.29) is 18.9 Å². The van der Waals surface area contributed by atoms with Crippen molar-refractivity contribution in [1.82, 2.24) is 4.57 Å². The molecule has 1 aromatic heterocycles. The second-order valence-corrected chi connectivity index (χ2v) is 4.10. The molecule has 4 nitrogen and oxygen atoms in total. The molecule has 90 valence electrons. The van der Waals surface area contributed by atoms with Crippen molar-refractivity contribution in [3.05, 3.63) is 36.0 Å². The van der Waals surface area contributed by atoms with Gasteiger partial charge in [-0.15, -0.1) is 0 Å². The number of rotatable bonds is 4. The fourth-order valence-corrected chi connectivity index (χ4v) is 1.96. The highest BCUT2D eigenvalue weighted by atomic mass is 16.3. The molecule has 4 heteroatoms. The van der Waals surface area contributed by atoms with Crippen LogP contribution in [-0.4, -0.2) is 33.3 Å². The third kappa shape index (κ3) is 2.23. The van der Waals surface area contributed by atoms with Gasteiger partial charge in [-0.3, -0.25) is 4.79 Å². The molecule has 0 fully saturated rings. The first-order valence-electron chi connectivity index (χ1n) is 5.51. The summed E-state index contributed by atoms with van der Waals surface area (Å²) in [4.78, 5) is 11.5. The molecular formula is C13H15NO3. The van der Waals surface area contributed by atoms with Crippen molar-refractivity contribution in [2.24, 2.45) is 0 Å². The molecule has 0 saturated heterocycles. The zero-order chi connectivity index (χ0) is 12.4. The van der Waals surface area contributed by atoms with Crippen LogP contribution in [0.5, 0.6) is 0 Å². The molecule has 0 radical (unpaired) electrons. The van der Waals surface area contributed by atoms with Gasteiger partial charge < -0.3 is 14.8 Å². The van der Waals surface area contributed by atoms with Crippen LogP contribution >= 0.6 is 0 Å². The summed E-state index contributed by atoms with van der Waals surface area (Å²) in [6.07, 6.45) is 0.914. The lowest BCUT2D eigenvalue weighted by Crippen LogP contribution is -2.19. The largest absolute Gasteiger partial charge is 0.394 e. The molecule has 2 rings (SSSR count). The molecule has 0 saturated carbocycles. The average Bonchev–Trinajstić information content (AvgIpc) is 2.68. The predicted octanol–water partition coefficient (Wildman–Crippen LogP) is 1.20. The van der Waals surface area contributed by atoms with E-state index >= 15 is 0 Å². The fraction of sp³-hybridized carbons (Fsp3) is 0.308. The number of carbonyl (C=O) groups is 1. The molecule has 1 heterocycles. The Labute approximate surface area is 99.1 Å². The Kier molecular flexibility index (Phi) is 3.26. The number of carbonyl (C=O) groups excluding carboxylic acids is 1. The minimum atomic E-state index is -0.814. The second-order valence-electron chi connectivity index (χ2n) is 4.10. The maximum absolute atomic E-state index is 11.5. The maximum atomic E-state index is 11.5. The van der Waals surface area contributed by atoms with Gasteiger partial charge in [0, 0.05) is 22.7 Å². The van der Waals surface area contributed by atoms with Crippen molar-refractivity contribution in [3.63, 3.8) is 0 Å². The number of Topliss-reactive ketones (excluding diaryl/α,β-unsaturated/α-hetero) is 1. The van der Waals surface area contributed by atoms with Gasteiger partial charge in [-0.1, -0.05) is 18.2 Å². The minimum Gasteiger partial charge on any atom is -0.394 e. The number of benzene rings is 1. The van der Waals surface area contributed by atoms with Crippen LogP contribution in [0.3, 0.4) is 0 Å². The Bertz CT molecular complexity index is 545. The van der Waals surface area contributed by atoms with Gasteiger partial charge in [0.15, 0.2) is 5.78 Å². The second kappa shape index (κ2) is 4.69. The number of ketones is 1. The van der Waals surface area contributed by atoms with Crippen LogP contribution < -0.4 is 0 Å². The number of para-hydroxylation sites is 1. The number of aromatic nitrogens is 1. The molecule has 0 bridgehead atoms. The Morgan fingerprint density at radius 2 is 2.12 bits per heavy atom. The van der Waals surface area contributed by atoms with Crippen LogP contribution in [0.25, 0.3) is 10.9 Å². The summed E-state index contributed by atoms with van der Waals surface area (Å²) in [7, 11) is 0. The standard InChI is InChI=1S/C13H15NO3/c1-9(16)12-7-14(6-10(17)8-15)13-5-3-2-4-11(12)13/h2-5,7,10,15,17H,6,8H2,1H3. The van der Waals surface area contributed by atoms with Gasteiger partial charge in [-0.25, -0.2) is 0 Å². The third-order valence-electron chi connectivity index (χ3n) is 2.79. The van der Waals surface area contributed by atoms with E-state index < -0.39 is 6.10 Å². The zero-order valence-corrected chi connectivity index (χ0v) is 9.63. The highest BCUT2D eigenvalue weighted by Crippen LogP contribution is 2.21. The summed E-state index contributed by atoms with van der Waals surface area (Å²) >= 11 is 0. The molecular weight excluding hydrogens is 218 g/mol. The van der Waals surface area contributed by atoms with Gasteiger partial charge in [0.05, 0.1) is 19.3 Å². The first-order chi connectivity index (χ1) is 8.13. The van der Waals surface area contributed by atoms with E-state index in [2.05, 4.69) is 0 Å². The molecule has 0 spiro atoms. The topological polar surface area (TPSA) is 62.5 Å². The summed E-state index contributed by atoms with van der Waals surface area (Å²) in [5.41, 5.74) is 1.54. The molecule has 17 heavy (non-hydrogen) atoms. The minimum absolute atomic E-state index is 0.00145. The molecule has 1 aromatic carbocycles. The van der Waals surface area contributed by atoms with E-state index in [1.807, 2.05) is 24.3 Å². The molecule has 2 N–H and O–H groups in total. The summed E-state index contributed by atoms with van der Waals surface area (Å²) < 4.78 is 1.80. The molecule has 0 aliphatic carbocycles. The normalized spacial score (nSPS) is 12.9. The van der Waals surface area contributed by atoms with Gasteiger partial charge in [-0.05, 0) is 13.0 Å². The first kappa shape index (κ1) is 11.8. The van der Waals surface area contributed by atoms with Crippen LogP contribution in [0.2, 0.25) is 0 Å². The monoisotopic (exact) mass is 233 g/mol. The molecule has 1 atom stereocenters. The molecule has 0 amide bonds.